The first-order valence-corrected chi connectivity index (χ1v) is 11.1. The minimum Gasteiger partial charge on any atom is -0.325 e. The molecule has 0 unspecified atom stereocenters. The van der Waals surface area contributed by atoms with Gasteiger partial charge in [-0.05, 0) is 72.9 Å². The first kappa shape index (κ1) is 17.9. The average molecular weight is 396 g/mol. The molecule has 2 aliphatic heterocycles. The summed E-state index contributed by atoms with van der Waals surface area (Å²) in [5.41, 5.74) is 3.15. The lowest BCUT2D eigenvalue weighted by Gasteiger charge is -2.35. The summed E-state index contributed by atoms with van der Waals surface area (Å²) in [6, 6.07) is 10.3. The van der Waals surface area contributed by atoms with Crippen LogP contribution in [0.4, 0.5) is 11.4 Å². The molecule has 1 saturated heterocycles. The number of hydrogen-bond donors (Lipinski definition) is 1. The summed E-state index contributed by atoms with van der Waals surface area (Å²) in [6.45, 7) is 2.17. The third-order valence-corrected chi connectivity index (χ3v) is 7.07. The van der Waals surface area contributed by atoms with Crippen LogP contribution < -0.4 is 10.2 Å². The molecule has 0 radical (unpaired) electrons. The van der Waals surface area contributed by atoms with Crippen molar-refractivity contribution in [2.75, 3.05) is 29.9 Å². The van der Waals surface area contributed by atoms with Crippen molar-refractivity contribution < 1.29 is 9.59 Å². The predicted molar refractivity (Wildman–Crippen MR) is 112 cm³/mol. The highest BCUT2D eigenvalue weighted by Gasteiger charge is 2.40. The van der Waals surface area contributed by atoms with E-state index in [-0.39, 0.29) is 11.8 Å². The average Bonchev–Trinajstić information content (AvgIpc) is 3.25. The Morgan fingerprint density at radius 2 is 1.93 bits per heavy atom. The van der Waals surface area contributed by atoms with Crippen LogP contribution in [0.3, 0.4) is 0 Å². The van der Waals surface area contributed by atoms with Crippen LogP contribution in [0.15, 0.2) is 35.7 Å². The molecule has 1 aliphatic carbocycles. The molecule has 1 N–H and O–H groups in total. The Morgan fingerprint density at radius 3 is 2.64 bits per heavy atom. The molecule has 28 heavy (non-hydrogen) atoms. The highest BCUT2D eigenvalue weighted by atomic mass is 32.1. The molecule has 1 aromatic carbocycles. The fraction of sp³-hybridized carbons (Fsp3) is 0.455. The summed E-state index contributed by atoms with van der Waals surface area (Å²) < 4.78 is 0. The number of anilines is 2. The predicted octanol–water partition coefficient (Wildman–Crippen LogP) is 3.82. The molecular weight excluding hydrogens is 370 g/mol. The third kappa shape index (κ3) is 3.47. The van der Waals surface area contributed by atoms with Crippen molar-refractivity contribution in [3.8, 4) is 0 Å². The van der Waals surface area contributed by atoms with E-state index in [1.807, 2.05) is 40.5 Å². The number of benzene rings is 1. The van der Waals surface area contributed by atoms with Crippen LogP contribution in [0.1, 0.15) is 42.2 Å². The molecule has 3 aliphatic rings. The van der Waals surface area contributed by atoms with Gasteiger partial charge in [-0.3, -0.25) is 14.5 Å². The van der Waals surface area contributed by atoms with Crippen LogP contribution in [-0.2, 0) is 16.0 Å². The smallest absolute Gasteiger partial charge is 0.238 e. The molecule has 3 heterocycles. The van der Waals surface area contributed by atoms with Crippen LogP contribution in [0.2, 0.25) is 0 Å². The van der Waals surface area contributed by atoms with Gasteiger partial charge in [0, 0.05) is 41.8 Å². The highest BCUT2D eigenvalue weighted by Crippen LogP contribution is 2.48. The molecule has 1 aromatic heterocycles. The molecule has 5 rings (SSSR count). The van der Waals surface area contributed by atoms with Gasteiger partial charge in [-0.1, -0.05) is 0 Å². The first-order chi connectivity index (χ1) is 13.7. The number of rotatable bonds is 5. The quantitative estimate of drug-likeness (QED) is 0.837. The van der Waals surface area contributed by atoms with Gasteiger partial charge >= 0.3 is 0 Å². The number of carbonyl (C=O) groups is 2. The second-order valence-electron chi connectivity index (χ2n) is 8.05. The molecule has 2 amide bonds. The van der Waals surface area contributed by atoms with Gasteiger partial charge in [-0.15, -0.1) is 11.3 Å². The van der Waals surface area contributed by atoms with Crippen molar-refractivity contribution in [1.82, 2.24) is 4.90 Å². The molecule has 2 fully saturated rings. The van der Waals surface area contributed by atoms with Crippen LogP contribution in [0.5, 0.6) is 0 Å². The van der Waals surface area contributed by atoms with Crippen molar-refractivity contribution in [1.29, 1.82) is 0 Å². The topological polar surface area (TPSA) is 52.7 Å². The number of amides is 2. The standard InChI is InChI=1S/C22H25N3O2S/c26-20(23-16-5-7-17(8-6-16)25-11-1-2-21(25)27)14-24-12-9-19-18(10-13-28-19)22(24)15-3-4-15/h5-8,10,13,15,22H,1-4,9,11-12,14H2,(H,23,26)/t22-/m0/s1. The second-order valence-corrected chi connectivity index (χ2v) is 9.05. The molecule has 0 spiro atoms. The molecule has 2 aromatic rings. The molecule has 1 saturated carbocycles. The number of nitrogens with zero attached hydrogens (tertiary/aromatic N) is 2. The van der Waals surface area contributed by atoms with E-state index in [0.717, 1.165) is 37.3 Å². The third-order valence-electron chi connectivity index (χ3n) is 6.07. The van der Waals surface area contributed by atoms with E-state index in [0.29, 0.717) is 24.9 Å². The number of thiophene rings is 1. The maximum Gasteiger partial charge on any atom is 0.238 e. The zero-order chi connectivity index (χ0) is 19.1. The maximum absolute atomic E-state index is 12.7. The summed E-state index contributed by atoms with van der Waals surface area (Å²) in [5.74, 6) is 0.925. The Labute approximate surface area is 169 Å². The van der Waals surface area contributed by atoms with E-state index in [4.69, 9.17) is 0 Å². The van der Waals surface area contributed by atoms with Crippen molar-refractivity contribution in [2.45, 2.75) is 38.1 Å². The lowest BCUT2D eigenvalue weighted by molar-refractivity contribution is -0.118. The van der Waals surface area contributed by atoms with E-state index in [2.05, 4.69) is 21.7 Å². The van der Waals surface area contributed by atoms with Gasteiger partial charge in [0.15, 0.2) is 0 Å². The normalized spacial score (nSPS) is 22.4. The number of fused-ring (bicyclic) bond motifs is 1. The first-order valence-electron chi connectivity index (χ1n) is 10.2. The molecule has 1 atom stereocenters. The van der Waals surface area contributed by atoms with Crippen molar-refractivity contribution >= 4 is 34.5 Å². The zero-order valence-corrected chi connectivity index (χ0v) is 16.7. The lowest BCUT2D eigenvalue weighted by atomic mass is 9.96. The molecule has 0 bridgehead atoms. The molecular formula is C22H25N3O2S. The Kier molecular flexibility index (Phi) is 4.69. The number of nitrogens with one attached hydrogen (secondary N) is 1. The van der Waals surface area contributed by atoms with Gasteiger partial charge in [0.25, 0.3) is 0 Å². The molecule has 146 valence electrons. The van der Waals surface area contributed by atoms with E-state index in [9.17, 15) is 9.59 Å². The van der Waals surface area contributed by atoms with Crippen molar-refractivity contribution in [3.63, 3.8) is 0 Å². The number of hydrogen-bond acceptors (Lipinski definition) is 4. The summed E-state index contributed by atoms with van der Waals surface area (Å²) in [6.07, 6.45) is 5.13. The lowest BCUT2D eigenvalue weighted by Crippen LogP contribution is -2.41. The van der Waals surface area contributed by atoms with Crippen LogP contribution in [0.25, 0.3) is 0 Å². The fourth-order valence-corrected chi connectivity index (χ4v) is 5.48. The highest BCUT2D eigenvalue weighted by molar-refractivity contribution is 7.10. The van der Waals surface area contributed by atoms with Crippen LogP contribution in [0, 0.1) is 5.92 Å². The van der Waals surface area contributed by atoms with Gasteiger partial charge in [0.2, 0.25) is 11.8 Å². The zero-order valence-electron chi connectivity index (χ0n) is 15.9. The summed E-state index contributed by atoms with van der Waals surface area (Å²) >= 11 is 1.85. The van der Waals surface area contributed by atoms with Gasteiger partial charge in [0.1, 0.15) is 0 Å². The number of carbonyl (C=O) groups excluding carboxylic acids is 2. The summed E-state index contributed by atoms with van der Waals surface area (Å²) in [4.78, 5) is 30.2. The van der Waals surface area contributed by atoms with Crippen LogP contribution in [-0.4, -0.2) is 36.3 Å². The Balaban J connectivity index is 1.23. The molecule has 5 nitrogen and oxygen atoms in total. The van der Waals surface area contributed by atoms with Crippen molar-refractivity contribution in [3.05, 3.63) is 46.2 Å². The van der Waals surface area contributed by atoms with Gasteiger partial charge < -0.3 is 10.2 Å². The van der Waals surface area contributed by atoms with E-state index < -0.39 is 0 Å². The summed E-state index contributed by atoms with van der Waals surface area (Å²) in [7, 11) is 0. The fourth-order valence-electron chi connectivity index (χ4n) is 4.57. The van der Waals surface area contributed by atoms with Crippen LogP contribution >= 0.6 is 11.3 Å². The largest absolute Gasteiger partial charge is 0.325 e. The summed E-state index contributed by atoms with van der Waals surface area (Å²) in [5, 5.41) is 5.23. The minimum absolute atomic E-state index is 0.0364. The molecule has 6 heteroatoms. The van der Waals surface area contributed by atoms with Crippen molar-refractivity contribution in [2.24, 2.45) is 5.92 Å². The van der Waals surface area contributed by atoms with Gasteiger partial charge in [-0.25, -0.2) is 0 Å². The Morgan fingerprint density at radius 1 is 1.11 bits per heavy atom. The van der Waals surface area contributed by atoms with Gasteiger partial charge in [-0.2, -0.15) is 0 Å². The van der Waals surface area contributed by atoms with E-state index in [1.165, 1.54) is 23.3 Å². The second kappa shape index (κ2) is 7.33. The SMILES string of the molecule is O=C(CN1CCc2sccc2[C@@H]1C1CC1)Nc1ccc(N2CCCC2=O)cc1. The van der Waals surface area contributed by atoms with E-state index >= 15 is 0 Å². The maximum atomic E-state index is 12.7. The Hall–Kier alpha value is -2.18. The monoisotopic (exact) mass is 395 g/mol. The van der Waals surface area contributed by atoms with Gasteiger partial charge in [0.05, 0.1) is 6.54 Å². The minimum atomic E-state index is 0.0364. The Bertz CT molecular complexity index is 887. The van der Waals surface area contributed by atoms with E-state index in [1.54, 1.807) is 0 Å².